The minimum Gasteiger partial charge on any atom is -0.465 e. The number of anilines is 1. The molecule has 2 aromatic rings. The fraction of sp³-hybridized carbons (Fsp3) is 0.0833. The second kappa shape index (κ2) is 6.10. The summed E-state index contributed by atoms with van der Waals surface area (Å²) < 4.78 is 32.5. The number of methoxy groups -OCH3 is 1. The molecule has 0 aliphatic carbocycles. The molecule has 0 saturated heterocycles. The van der Waals surface area contributed by atoms with E-state index in [4.69, 9.17) is 0 Å². The Kier molecular flexibility index (Phi) is 4.66. The fourth-order valence-electron chi connectivity index (χ4n) is 1.49. The van der Waals surface area contributed by atoms with Crippen LogP contribution in [0.3, 0.4) is 0 Å². The average Bonchev–Trinajstić information content (AvgIpc) is 2.90. The molecule has 20 heavy (non-hydrogen) atoms. The van der Waals surface area contributed by atoms with Crippen LogP contribution >= 0.6 is 33.9 Å². The van der Waals surface area contributed by atoms with E-state index in [0.717, 1.165) is 14.9 Å². The molecule has 1 heterocycles. The van der Waals surface area contributed by atoms with Crippen LogP contribution in [0.2, 0.25) is 0 Å². The Balaban J connectivity index is 2.40. The molecule has 1 aromatic heterocycles. The standard InChI is InChI=1S/C12H10INO4S2/c1-18-12(15)11-10(6-7-19-11)20(16,17)14-9-5-3-2-4-8(9)13/h2-7,14H,1H3. The number of hydrogen-bond donors (Lipinski definition) is 1. The third kappa shape index (κ3) is 3.13. The summed E-state index contributed by atoms with van der Waals surface area (Å²) in [5.41, 5.74) is 0.468. The number of rotatable bonds is 4. The number of esters is 1. The lowest BCUT2D eigenvalue weighted by Gasteiger charge is -2.09. The van der Waals surface area contributed by atoms with Gasteiger partial charge in [0.15, 0.2) is 0 Å². The van der Waals surface area contributed by atoms with Gasteiger partial charge in [-0.2, -0.15) is 0 Å². The highest BCUT2D eigenvalue weighted by molar-refractivity contribution is 14.1. The molecule has 0 spiro atoms. The largest absolute Gasteiger partial charge is 0.465 e. The van der Waals surface area contributed by atoms with Crippen molar-refractivity contribution in [3.05, 3.63) is 44.2 Å². The number of nitrogens with one attached hydrogen (secondary N) is 1. The Morgan fingerprint density at radius 1 is 1.30 bits per heavy atom. The Labute approximate surface area is 134 Å². The average molecular weight is 423 g/mol. The van der Waals surface area contributed by atoms with Gasteiger partial charge < -0.3 is 4.74 Å². The lowest BCUT2D eigenvalue weighted by Crippen LogP contribution is -2.16. The molecule has 8 heteroatoms. The summed E-state index contributed by atoms with van der Waals surface area (Å²) in [5, 5.41) is 1.54. The monoisotopic (exact) mass is 423 g/mol. The second-order valence-electron chi connectivity index (χ2n) is 3.69. The Morgan fingerprint density at radius 2 is 2.00 bits per heavy atom. The summed E-state index contributed by atoms with van der Waals surface area (Å²) in [6.45, 7) is 0. The van der Waals surface area contributed by atoms with Crippen LogP contribution in [-0.2, 0) is 14.8 Å². The third-order valence-corrected chi connectivity index (χ3v) is 5.78. The number of para-hydroxylation sites is 1. The summed E-state index contributed by atoms with van der Waals surface area (Å²) >= 11 is 3.06. The number of ether oxygens (including phenoxy) is 1. The number of carbonyl (C=O) groups is 1. The molecule has 0 unspecified atom stereocenters. The minimum atomic E-state index is -3.82. The van der Waals surface area contributed by atoms with Crippen LogP contribution in [0.15, 0.2) is 40.6 Å². The highest BCUT2D eigenvalue weighted by Gasteiger charge is 2.25. The molecule has 1 N–H and O–H groups in total. The van der Waals surface area contributed by atoms with Crippen LogP contribution in [-0.4, -0.2) is 21.5 Å². The zero-order valence-electron chi connectivity index (χ0n) is 10.3. The van der Waals surface area contributed by atoms with Crippen molar-refractivity contribution in [3.8, 4) is 0 Å². The van der Waals surface area contributed by atoms with Crippen molar-refractivity contribution in [1.82, 2.24) is 0 Å². The maximum Gasteiger partial charge on any atom is 0.349 e. The van der Waals surface area contributed by atoms with Crippen LogP contribution in [0.5, 0.6) is 0 Å². The maximum absolute atomic E-state index is 12.3. The van der Waals surface area contributed by atoms with Crippen LogP contribution in [0, 0.1) is 3.57 Å². The number of halogens is 1. The molecule has 0 aliphatic heterocycles. The normalized spacial score (nSPS) is 11.1. The zero-order valence-corrected chi connectivity index (χ0v) is 14.1. The maximum atomic E-state index is 12.3. The molecule has 0 atom stereocenters. The number of benzene rings is 1. The zero-order chi connectivity index (χ0) is 14.8. The van der Waals surface area contributed by atoms with E-state index in [1.807, 2.05) is 28.7 Å². The quantitative estimate of drug-likeness (QED) is 0.607. The summed E-state index contributed by atoms with van der Waals surface area (Å²) in [4.78, 5) is 11.5. The molecule has 0 aliphatic rings. The van der Waals surface area contributed by atoms with Crippen molar-refractivity contribution >= 4 is 55.6 Å². The molecule has 0 amide bonds. The van der Waals surface area contributed by atoms with E-state index < -0.39 is 16.0 Å². The number of thiophene rings is 1. The van der Waals surface area contributed by atoms with Crippen LogP contribution in [0.25, 0.3) is 0 Å². The smallest absolute Gasteiger partial charge is 0.349 e. The molecule has 0 saturated carbocycles. The van der Waals surface area contributed by atoms with Crippen molar-refractivity contribution in [2.75, 3.05) is 11.8 Å². The highest BCUT2D eigenvalue weighted by atomic mass is 127. The highest BCUT2D eigenvalue weighted by Crippen LogP contribution is 2.26. The van der Waals surface area contributed by atoms with Gasteiger partial charge in [-0.05, 0) is 46.2 Å². The van der Waals surface area contributed by atoms with Gasteiger partial charge in [0.1, 0.15) is 9.77 Å². The topological polar surface area (TPSA) is 72.5 Å². The Morgan fingerprint density at radius 3 is 2.65 bits per heavy atom. The lowest BCUT2D eigenvalue weighted by molar-refractivity contribution is 0.0602. The SMILES string of the molecule is COC(=O)c1sccc1S(=O)(=O)Nc1ccccc1I. The molecule has 1 aromatic carbocycles. The summed E-state index contributed by atoms with van der Waals surface area (Å²) in [6.07, 6.45) is 0. The first-order chi connectivity index (χ1) is 9.45. The number of hydrogen-bond acceptors (Lipinski definition) is 5. The minimum absolute atomic E-state index is 0.0611. The fourth-order valence-corrected chi connectivity index (χ4v) is 4.62. The first-order valence-corrected chi connectivity index (χ1v) is 8.83. The predicted octanol–water partition coefficient (Wildman–Crippen LogP) is 2.94. The van der Waals surface area contributed by atoms with Crippen LogP contribution < -0.4 is 4.72 Å². The van der Waals surface area contributed by atoms with Gasteiger partial charge >= 0.3 is 5.97 Å². The van der Waals surface area contributed by atoms with Crippen molar-refractivity contribution in [1.29, 1.82) is 0 Å². The van der Waals surface area contributed by atoms with Gasteiger partial charge in [-0.3, -0.25) is 4.72 Å². The molecule has 0 bridgehead atoms. The molecule has 106 valence electrons. The van der Waals surface area contributed by atoms with E-state index in [-0.39, 0.29) is 9.77 Å². The van der Waals surface area contributed by atoms with Crippen molar-refractivity contribution in [3.63, 3.8) is 0 Å². The summed E-state index contributed by atoms with van der Waals surface area (Å²) in [7, 11) is -2.61. The van der Waals surface area contributed by atoms with E-state index in [9.17, 15) is 13.2 Å². The summed E-state index contributed by atoms with van der Waals surface area (Å²) in [6, 6.07) is 8.37. The van der Waals surface area contributed by atoms with Gasteiger partial charge in [-0.25, -0.2) is 13.2 Å². The molecule has 0 radical (unpaired) electrons. The van der Waals surface area contributed by atoms with Crippen molar-refractivity contribution in [2.24, 2.45) is 0 Å². The predicted molar refractivity (Wildman–Crippen MR) is 85.6 cm³/mol. The molecular weight excluding hydrogens is 413 g/mol. The van der Waals surface area contributed by atoms with E-state index in [0.29, 0.717) is 5.69 Å². The van der Waals surface area contributed by atoms with Gasteiger partial charge in [0.25, 0.3) is 10.0 Å². The van der Waals surface area contributed by atoms with Gasteiger partial charge in [0.2, 0.25) is 0 Å². The molecule has 5 nitrogen and oxygen atoms in total. The van der Waals surface area contributed by atoms with Crippen LogP contribution in [0.1, 0.15) is 9.67 Å². The van der Waals surface area contributed by atoms with Gasteiger partial charge in [-0.15, -0.1) is 11.3 Å². The van der Waals surface area contributed by atoms with Crippen molar-refractivity contribution in [2.45, 2.75) is 4.90 Å². The Hall–Kier alpha value is -1.13. The first-order valence-electron chi connectivity index (χ1n) is 5.39. The second-order valence-corrected chi connectivity index (χ2v) is 7.42. The summed E-state index contributed by atoms with van der Waals surface area (Å²) in [5.74, 6) is -0.664. The van der Waals surface area contributed by atoms with Gasteiger partial charge in [0.05, 0.1) is 12.8 Å². The number of sulfonamides is 1. The lowest BCUT2D eigenvalue weighted by atomic mass is 10.3. The van der Waals surface area contributed by atoms with E-state index in [1.54, 1.807) is 18.2 Å². The first kappa shape index (κ1) is 15.3. The third-order valence-electron chi connectivity index (χ3n) is 2.41. The van der Waals surface area contributed by atoms with E-state index in [2.05, 4.69) is 9.46 Å². The number of carbonyl (C=O) groups excluding carboxylic acids is 1. The molecular formula is C12H10INO4S2. The van der Waals surface area contributed by atoms with Gasteiger partial charge in [-0.1, -0.05) is 12.1 Å². The Bertz CT molecular complexity index is 739. The molecule has 2 rings (SSSR count). The van der Waals surface area contributed by atoms with Crippen LogP contribution in [0.4, 0.5) is 5.69 Å². The van der Waals surface area contributed by atoms with E-state index in [1.165, 1.54) is 18.6 Å². The molecule has 0 fully saturated rings. The van der Waals surface area contributed by atoms with Crippen molar-refractivity contribution < 1.29 is 17.9 Å². The van der Waals surface area contributed by atoms with E-state index >= 15 is 0 Å². The van der Waals surface area contributed by atoms with Gasteiger partial charge in [0, 0.05) is 3.57 Å².